The van der Waals surface area contributed by atoms with Crippen LogP contribution >= 0.6 is 0 Å². The Labute approximate surface area is 147 Å². The van der Waals surface area contributed by atoms with E-state index in [1.54, 1.807) is 0 Å². The van der Waals surface area contributed by atoms with Crippen molar-refractivity contribution in [1.29, 1.82) is 0 Å². The summed E-state index contributed by atoms with van der Waals surface area (Å²) in [6.07, 6.45) is 0.289. The second-order valence-corrected chi connectivity index (χ2v) is 8.83. The zero-order chi connectivity index (χ0) is 17.7. The Bertz CT molecular complexity index is 720. The number of hydrogen-bond donors (Lipinski definition) is 0. The maximum Gasteiger partial charge on any atom is 0.104 e. The van der Waals surface area contributed by atoms with E-state index < -0.39 is 0 Å². The molecular weight excluding hydrogens is 292 g/mol. The van der Waals surface area contributed by atoms with E-state index in [1.165, 1.54) is 22.6 Å². The average molecular weight is 322 g/mol. The van der Waals surface area contributed by atoms with E-state index in [0.717, 1.165) is 0 Å². The fourth-order valence-electron chi connectivity index (χ4n) is 3.77. The van der Waals surface area contributed by atoms with E-state index >= 15 is 0 Å². The fraction of sp³-hybridized carbons (Fsp3) is 0.455. The van der Waals surface area contributed by atoms with Gasteiger partial charge in [0.15, 0.2) is 0 Å². The standard InChI is InChI=1S/C22H30N2/c1-16-23(18-11-9-8-10-12-18)20-15-17(21(2,3)4)13-14-19(20)24(16)22(5,6)7/h8-16H,1-7H3/t16-/m0/s1. The van der Waals surface area contributed by atoms with Crippen LogP contribution in [0.25, 0.3) is 0 Å². The third-order valence-corrected chi connectivity index (χ3v) is 4.86. The molecule has 0 saturated heterocycles. The van der Waals surface area contributed by atoms with Crippen LogP contribution in [0.5, 0.6) is 0 Å². The van der Waals surface area contributed by atoms with Crippen LogP contribution in [-0.4, -0.2) is 11.7 Å². The van der Waals surface area contributed by atoms with Gasteiger partial charge >= 0.3 is 0 Å². The highest BCUT2D eigenvalue weighted by Crippen LogP contribution is 2.48. The van der Waals surface area contributed by atoms with Crippen molar-refractivity contribution in [3.05, 3.63) is 54.1 Å². The lowest BCUT2D eigenvalue weighted by molar-refractivity contribution is 0.468. The van der Waals surface area contributed by atoms with Crippen molar-refractivity contribution in [2.75, 3.05) is 9.80 Å². The van der Waals surface area contributed by atoms with Gasteiger partial charge in [-0.3, -0.25) is 0 Å². The lowest BCUT2D eigenvalue weighted by atomic mass is 9.86. The molecule has 0 aliphatic carbocycles. The predicted octanol–water partition coefficient (Wildman–Crippen LogP) is 6.09. The highest BCUT2D eigenvalue weighted by atomic mass is 15.4. The van der Waals surface area contributed by atoms with Crippen molar-refractivity contribution in [2.45, 2.75) is 65.6 Å². The van der Waals surface area contributed by atoms with Gasteiger partial charge in [-0.25, -0.2) is 0 Å². The van der Waals surface area contributed by atoms with Crippen LogP contribution in [-0.2, 0) is 5.41 Å². The summed E-state index contributed by atoms with van der Waals surface area (Å²) in [6.45, 7) is 16.0. The zero-order valence-corrected chi connectivity index (χ0v) is 16.1. The van der Waals surface area contributed by atoms with Gasteiger partial charge in [0.25, 0.3) is 0 Å². The minimum atomic E-state index is 0.0704. The molecule has 3 rings (SSSR count). The lowest BCUT2D eigenvalue weighted by Crippen LogP contribution is -2.49. The van der Waals surface area contributed by atoms with Crippen molar-refractivity contribution in [1.82, 2.24) is 0 Å². The summed E-state index contributed by atoms with van der Waals surface area (Å²) in [5.74, 6) is 0. The summed E-state index contributed by atoms with van der Waals surface area (Å²) in [6, 6.07) is 17.7. The first-order valence-corrected chi connectivity index (χ1v) is 8.89. The summed E-state index contributed by atoms with van der Waals surface area (Å²) < 4.78 is 0. The monoisotopic (exact) mass is 322 g/mol. The minimum Gasteiger partial charge on any atom is -0.345 e. The molecular formula is C22H30N2. The molecule has 2 nitrogen and oxygen atoms in total. The number of nitrogens with zero attached hydrogens (tertiary/aromatic N) is 2. The Hall–Kier alpha value is -1.96. The Morgan fingerprint density at radius 1 is 0.792 bits per heavy atom. The van der Waals surface area contributed by atoms with Crippen LogP contribution in [0.15, 0.2) is 48.5 Å². The van der Waals surface area contributed by atoms with Crippen LogP contribution in [0.4, 0.5) is 17.1 Å². The average Bonchev–Trinajstić information content (AvgIpc) is 2.78. The van der Waals surface area contributed by atoms with Crippen LogP contribution in [0.2, 0.25) is 0 Å². The maximum absolute atomic E-state index is 2.53. The first kappa shape index (κ1) is 16.9. The SMILES string of the molecule is C[C@H]1N(c2ccccc2)c2cc(C(C)(C)C)ccc2N1C(C)(C)C. The molecule has 0 unspecified atom stereocenters. The van der Waals surface area contributed by atoms with Gasteiger partial charge in [0.1, 0.15) is 6.17 Å². The molecule has 0 aromatic heterocycles. The molecule has 0 bridgehead atoms. The highest BCUT2D eigenvalue weighted by molar-refractivity contribution is 5.85. The molecule has 1 aliphatic heterocycles. The summed E-state index contributed by atoms with van der Waals surface area (Å²) in [5.41, 5.74) is 5.49. The van der Waals surface area contributed by atoms with Crippen molar-refractivity contribution in [3.8, 4) is 0 Å². The molecule has 128 valence electrons. The van der Waals surface area contributed by atoms with Gasteiger partial charge in [0, 0.05) is 11.2 Å². The Morgan fingerprint density at radius 2 is 1.42 bits per heavy atom. The molecule has 0 amide bonds. The van der Waals surface area contributed by atoms with Gasteiger partial charge in [-0.15, -0.1) is 0 Å². The molecule has 2 aromatic rings. The largest absolute Gasteiger partial charge is 0.345 e. The summed E-state index contributed by atoms with van der Waals surface area (Å²) in [5, 5.41) is 0. The van der Waals surface area contributed by atoms with Crippen molar-refractivity contribution >= 4 is 17.1 Å². The van der Waals surface area contributed by atoms with Gasteiger partial charge in [-0.05, 0) is 62.9 Å². The number of benzene rings is 2. The van der Waals surface area contributed by atoms with Crippen LogP contribution in [0.3, 0.4) is 0 Å². The number of para-hydroxylation sites is 1. The third kappa shape index (κ3) is 2.79. The summed E-state index contributed by atoms with van der Waals surface area (Å²) >= 11 is 0. The third-order valence-electron chi connectivity index (χ3n) is 4.86. The fourth-order valence-corrected chi connectivity index (χ4v) is 3.77. The van der Waals surface area contributed by atoms with E-state index in [9.17, 15) is 0 Å². The van der Waals surface area contributed by atoms with Gasteiger partial charge in [0.2, 0.25) is 0 Å². The molecule has 1 aliphatic rings. The molecule has 2 heteroatoms. The van der Waals surface area contributed by atoms with Crippen molar-refractivity contribution in [3.63, 3.8) is 0 Å². The topological polar surface area (TPSA) is 6.48 Å². The second kappa shape index (κ2) is 5.54. The smallest absolute Gasteiger partial charge is 0.104 e. The minimum absolute atomic E-state index is 0.0704. The first-order valence-electron chi connectivity index (χ1n) is 8.89. The zero-order valence-electron chi connectivity index (χ0n) is 16.1. The second-order valence-electron chi connectivity index (χ2n) is 8.83. The molecule has 0 radical (unpaired) electrons. The van der Waals surface area contributed by atoms with E-state index in [0.29, 0.717) is 0 Å². The van der Waals surface area contributed by atoms with Gasteiger partial charge in [-0.1, -0.05) is 45.0 Å². The number of anilines is 3. The first-order chi connectivity index (χ1) is 11.1. The summed E-state index contributed by atoms with van der Waals surface area (Å²) in [4.78, 5) is 5.00. The van der Waals surface area contributed by atoms with Gasteiger partial charge < -0.3 is 9.80 Å². The van der Waals surface area contributed by atoms with Crippen LogP contribution in [0, 0.1) is 0 Å². The predicted molar refractivity (Wildman–Crippen MR) is 105 cm³/mol. The van der Waals surface area contributed by atoms with Gasteiger partial charge in [0.05, 0.1) is 11.4 Å². The molecule has 0 spiro atoms. The van der Waals surface area contributed by atoms with Crippen LogP contribution in [0.1, 0.15) is 54.0 Å². The Morgan fingerprint density at radius 3 is 1.96 bits per heavy atom. The summed E-state index contributed by atoms with van der Waals surface area (Å²) in [7, 11) is 0. The number of hydrogen-bond acceptors (Lipinski definition) is 2. The normalized spacial score (nSPS) is 18.0. The van der Waals surface area contributed by atoms with E-state index in [2.05, 4.69) is 107 Å². The molecule has 24 heavy (non-hydrogen) atoms. The molecule has 0 fully saturated rings. The quantitative estimate of drug-likeness (QED) is 0.627. The lowest BCUT2D eigenvalue weighted by Gasteiger charge is -2.39. The van der Waals surface area contributed by atoms with E-state index in [4.69, 9.17) is 0 Å². The van der Waals surface area contributed by atoms with Crippen LogP contribution < -0.4 is 9.80 Å². The highest BCUT2D eigenvalue weighted by Gasteiger charge is 2.39. The van der Waals surface area contributed by atoms with Gasteiger partial charge in [-0.2, -0.15) is 0 Å². The number of rotatable bonds is 1. The van der Waals surface area contributed by atoms with E-state index in [1.807, 2.05) is 0 Å². The molecule has 2 aromatic carbocycles. The molecule has 1 heterocycles. The Balaban J connectivity index is 2.20. The van der Waals surface area contributed by atoms with E-state index in [-0.39, 0.29) is 17.1 Å². The molecule has 0 saturated carbocycles. The molecule has 1 atom stereocenters. The maximum atomic E-state index is 2.53. The molecule has 0 N–H and O–H groups in total. The number of fused-ring (bicyclic) bond motifs is 1. The Kier molecular flexibility index (Phi) is 3.90. The van der Waals surface area contributed by atoms with Crippen molar-refractivity contribution in [2.24, 2.45) is 0 Å². The van der Waals surface area contributed by atoms with Crippen molar-refractivity contribution < 1.29 is 0 Å².